The van der Waals surface area contributed by atoms with Gasteiger partial charge in [-0.2, -0.15) is 0 Å². The molecule has 0 N–H and O–H groups in total. The average molecular weight is 482 g/mol. The van der Waals surface area contributed by atoms with E-state index in [1.165, 1.54) is 29.2 Å². The van der Waals surface area contributed by atoms with E-state index in [1.807, 2.05) is 0 Å². The maximum atomic E-state index is 15.0. The van der Waals surface area contributed by atoms with E-state index in [4.69, 9.17) is 4.74 Å². The molecule has 2 heterocycles. The van der Waals surface area contributed by atoms with Crippen molar-refractivity contribution in [3.63, 3.8) is 0 Å². The molecule has 1 aromatic carbocycles. The van der Waals surface area contributed by atoms with E-state index in [2.05, 4.69) is 21.8 Å². The summed E-state index contributed by atoms with van der Waals surface area (Å²) in [5, 5.41) is 0. The third kappa shape index (κ3) is 4.14. The zero-order valence-electron chi connectivity index (χ0n) is 14.7. The quantitative estimate of drug-likeness (QED) is 0.198. The van der Waals surface area contributed by atoms with Crippen LogP contribution in [0.1, 0.15) is 36.6 Å². The van der Waals surface area contributed by atoms with Crippen LogP contribution in [0.15, 0.2) is 36.5 Å². The van der Waals surface area contributed by atoms with E-state index in [-0.39, 0.29) is 12.2 Å². The van der Waals surface area contributed by atoms with Gasteiger partial charge in [0.25, 0.3) is 0 Å². The molecule has 1 aliphatic heterocycles. The maximum absolute atomic E-state index is 15.0. The summed E-state index contributed by atoms with van der Waals surface area (Å²) in [6.45, 7) is 1.76. The number of hydrogen-bond donors (Lipinski definition) is 0. The Morgan fingerprint density at radius 1 is 1.26 bits per heavy atom. The molecule has 1 saturated heterocycles. The van der Waals surface area contributed by atoms with Crippen LogP contribution >= 0.6 is 0 Å². The molecule has 1 unspecified atom stereocenters. The van der Waals surface area contributed by atoms with Crippen LogP contribution in [-0.2, 0) is 16.3 Å². The second-order valence-electron chi connectivity index (χ2n) is 6.28. The van der Waals surface area contributed by atoms with E-state index in [0.29, 0.717) is 11.6 Å². The molecule has 0 amide bonds. The summed E-state index contributed by atoms with van der Waals surface area (Å²) in [7, 11) is 0. The Kier molecular flexibility index (Phi) is 6.11. The summed E-state index contributed by atoms with van der Waals surface area (Å²) in [5.74, 6) is -2.49. The SMILES string of the molecule is CCC[CH2][Sn][C]#Cc1ccc(C(F)(F)C2(c3ccc(F)cc3F)CO2)nc1. The molecule has 0 spiro atoms. The molecule has 1 aromatic heterocycles. The Labute approximate surface area is 165 Å². The van der Waals surface area contributed by atoms with Crippen molar-refractivity contribution in [3.05, 3.63) is 65.0 Å². The van der Waals surface area contributed by atoms with Gasteiger partial charge in [-0.25, -0.2) is 4.39 Å². The summed E-state index contributed by atoms with van der Waals surface area (Å²) >= 11 is -0.736. The zero-order chi connectivity index (χ0) is 19.5. The topological polar surface area (TPSA) is 25.4 Å². The van der Waals surface area contributed by atoms with Gasteiger partial charge >= 0.3 is 161 Å². The Morgan fingerprint density at radius 2 is 2.04 bits per heavy atom. The normalized spacial score (nSPS) is 18.7. The van der Waals surface area contributed by atoms with Crippen LogP contribution in [0.4, 0.5) is 17.6 Å². The number of pyridine rings is 1. The van der Waals surface area contributed by atoms with Crippen molar-refractivity contribution in [2.24, 2.45) is 0 Å². The average Bonchev–Trinajstić information content (AvgIpc) is 3.44. The summed E-state index contributed by atoms with van der Waals surface area (Å²) < 4.78 is 66.5. The van der Waals surface area contributed by atoms with Crippen molar-refractivity contribution in [1.82, 2.24) is 4.98 Å². The van der Waals surface area contributed by atoms with Gasteiger partial charge < -0.3 is 0 Å². The van der Waals surface area contributed by atoms with E-state index in [9.17, 15) is 8.78 Å². The van der Waals surface area contributed by atoms with Crippen molar-refractivity contribution < 1.29 is 22.3 Å². The number of unbranched alkanes of at least 4 members (excludes halogenated alkanes) is 1. The van der Waals surface area contributed by atoms with Crippen LogP contribution in [0.3, 0.4) is 0 Å². The fraction of sp³-hybridized carbons (Fsp3) is 0.350. The minimum absolute atomic E-state index is 0.365. The number of rotatable bonds is 6. The second-order valence-corrected chi connectivity index (χ2v) is 9.43. The van der Waals surface area contributed by atoms with Crippen LogP contribution in [0, 0.1) is 21.5 Å². The summed E-state index contributed by atoms with van der Waals surface area (Å²) in [4.78, 5) is 3.83. The van der Waals surface area contributed by atoms with E-state index < -0.39 is 50.0 Å². The predicted molar refractivity (Wildman–Crippen MR) is 94.5 cm³/mol. The molecule has 2 nitrogen and oxygen atoms in total. The fourth-order valence-electron chi connectivity index (χ4n) is 2.70. The monoisotopic (exact) mass is 483 g/mol. The number of aromatic nitrogens is 1. The van der Waals surface area contributed by atoms with Gasteiger partial charge in [0.15, 0.2) is 0 Å². The first-order valence-corrected chi connectivity index (χ1v) is 12.0. The summed E-state index contributed by atoms with van der Waals surface area (Å²) in [5.41, 5.74) is -2.48. The molecule has 140 valence electrons. The molecule has 1 atom stereocenters. The number of ether oxygens (including phenoxy) is 1. The third-order valence-corrected chi connectivity index (χ3v) is 6.93. The first-order valence-electron chi connectivity index (χ1n) is 8.58. The van der Waals surface area contributed by atoms with Gasteiger partial charge in [-0.05, 0) is 0 Å². The molecular formula is C20H17F4NOSn. The van der Waals surface area contributed by atoms with Crippen molar-refractivity contribution in [3.8, 4) is 9.86 Å². The van der Waals surface area contributed by atoms with Gasteiger partial charge in [0.1, 0.15) is 0 Å². The molecule has 7 heteroatoms. The first kappa shape index (κ1) is 20.2. The standard InChI is InChI=1S/C16H8F4NO.C4H9.Sn/c1-2-10-3-6-14(21-8-10)16(19,20)15(9-22-15)12-5-4-11(17)7-13(12)18;1-3-4-2;/h3-8H,9H2;1,3-4H2,2H3;. The summed E-state index contributed by atoms with van der Waals surface area (Å²) in [6.07, 6.45) is 3.62. The van der Waals surface area contributed by atoms with Crippen molar-refractivity contribution >= 4 is 21.1 Å². The van der Waals surface area contributed by atoms with Crippen molar-refractivity contribution in [2.75, 3.05) is 6.61 Å². The Morgan fingerprint density at radius 3 is 2.63 bits per heavy atom. The first-order chi connectivity index (χ1) is 12.9. The van der Waals surface area contributed by atoms with Crippen LogP contribution in [0.25, 0.3) is 0 Å². The number of hydrogen-bond acceptors (Lipinski definition) is 2. The second kappa shape index (κ2) is 8.19. The van der Waals surface area contributed by atoms with Crippen molar-refractivity contribution in [2.45, 2.75) is 35.7 Å². The van der Waals surface area contributed by atoms with E-state index in [1.54, 1.807) is 0 Å². The molecule has 2 radical (unpaired) electrons. The minimum atomic E-state index is -3.56. The van der Waals surface area contributed by atoms with E-state index >= 15 is 8.78 Å². The van der Waals surface area contributed by atoms with Gasteiger partial charge in [-0.1, -0.05) is 0 Å². The van der Waals surface area contributed by atoms with Gasteiger partial charge in [-0.3, -0.25) is 0 Å². The van der Waals surface area contributed by atoms with Crippen LogP contribution < -0.4 is 0 Å². The van der Waals surface area contributed by atoms with Crippen LogP contribution in [0.2, 0.25) is 4.44 Å². The number of epoxide rings is 1. The van der Waals surface area contributed by atoms with E-state index in [0.717, 1.165) is 18.6 Å². The van der Waals surface area contributed by atoms with Crippen LogP contribution in [0.5, 0.6) is 0 Å². The van der Waals surface area contributed by atoms with Gasteiger partial charge in [0.05, 0.1) is 0 Å². The van der Waals surface area contributed by atoms with Crippen molar-refractivity contribution in [1.29, 1.82) is 0 Å². The molecule has 0 bridgehead atoms. The predicted octanol–water partition coefficient (Wildman–Crippen LogP) is 4.61. The number of halogens is 4. The molecule has 1 fully saturated rings. The molecule has 0 saturated carbocycles. The zero-order valence-corrected chi connectivity index (χ0v) is 17.5. The third-order valence-electron chi connectivity index (χ3n) is 4.34. The number of benzene rings is 1. The van der Waals surface area contributed by atoms with Gasteiger partial charge in [0, 0.05) is 0 Å². The Hall–Kier alpha value is -1.59. The number of alkyl halides is 2. The molecule has 1 aliphatic rings. The molecule has 0 aliphatic carbocycles. The summed E-state index contributed by atoms with van der Waals surface area (Å²) in [6, 6.07) is 5.18. The van der Waals surface area contributed by atoms with Crippen LogP contribution in [-0.4, -0.2) is 32.7 Å². The number of nitrogens with zero attached hydrogens (tertiary/aromatic N) is 1. The molecule has 3 rings (SSSR count). The fourth-order valence-corrected chi connectivity index (χ4v) is 5.23. The Balaban J connectivity index is 1.80. The Bertz CT molecular complexity index is 870. The molecular weight excluding hydrogens is 465 g/mol. The molecule has 2 aromatic rings. The van der Waals surface area contributed by atoms with Gasteiger partial charge in [0.2, 0.25) is 0 Å². The van der Waals surface area contributed by atoms with Gasteiger partial charge in [-0.15, -0.1) is 0 Å². The molecule has 27 heavy (non-hydrogen) atoms.